The third kappa shape index (κ3) is 3.87. The van der Waals surface area contributed by atoms with Crippen LogP contribution in [-0.2, 0) is 0 Å². The van der Waals surface area contributed by atoms with Gasteiger partial charge in [0.15, 0.2) is 18.2 Å². The lowest BCUT2D eigenvalue weighted by molar-refractivity contribution is -0.153. The van der Waals surface area contributed by atoms with Crippen molar-refractivity contribution in [1.82, 2.24) is 4.57 Å². The lowest BCUT2D eigenvalue weighted by Crippen LogP contribution is -2.21. The summed E-state index contributed by atoms with van der Waals surface area (Å²) < 4.78 is 56.6. The lowest BCUT2D eigenvalue weighted by Gasteiger charge is -2.14. The predicted molar refractivity (Wildman–Crippen MR) is 82.2 cm³/mol. The van der Waals surface area contributed by atoms with Crippen molar-refractivity contribution in [2.45, 2.75) is 25.1 Å². The zero-order chi connectivity index (χ0) is 17.6. The highest BCUT2D eigenvalue weighted by atomic mass is 35.5. The summed E-state index contributed by atoms with van der Waals surface area (Å²) in [5, 5.41) is 8.88. The van der Waals surface area contributed by atoms with Gasteiger partial charge in [-0.05, 0) is 18.9 Å². The third-order valence-corrected chi connectivity index (χ3v) is 3.65. The van der Waals surface area contributed by atoms with Crippen molar-refractivity contribution in [2.24, 2.45) is 0 Å². The van der Waals surface area contributed by atoms with Crippen molar-refractivity contribution in [3.63, 3.8) is 0 Å². The molecule has 10 heteroatoms. The van der Waals surface area contributed by atoms with Crippen LogP contribution in [0.15, 0.2) is 23.1 Å². The van der Waals surface area contributed by atoms with Crippen LogP contribution in [0, 0.1) is 5.82 Å². The number of aromatic nitrogens is 1. The van der Waals surface area contributed by atoms with Gasteiger partial charge in [-0.15, -0.1) is 12.4 Å². The van der Waals surface area contributed by atoms with Crippen molar-refractivity contribution in [3.8, 4) is 5.75 Å². The summed E-state index contributed by atoms with van der Waals surface area (Å²) in [6, 6.07) is 1.64. The van der Waals surface area contributed by atoms with Crippen molar-refractivity contribution in [2.75, 3.05) is 6.61 Å². The SMILES string of the molecule is Cl.O=C(O)c1cn(C2CC2)c2cc(OCC(F)(F)F)c(F)cc2c1=O. The number of carbonyl (C=O) groups is 1. The van der Waals surface area contributed by atoms with E-state index in [-0.39, 0.29) is 29.4 Å². The Hall–Kier alpha value is -2.29. The van der Waals surface area contributed by atoms with Crippen LogP contribution in [0.25, 0.3) is 10.9 Å². The predicted octanol–water partition coefficient (Wildman–Crippen LogP) is 3.54. The summed E-state index contributed by atoms with van der Waals surface area (Å²) >= 11 is 0. The molecule has 1 aromatic carbocycles. The number of nitrogens with zero attached hydrogens (tertiary/aromatic N) is 1. The maximum Gasteiger partial charge on any atom is 0.422 e. The summed E-state index contributed by atoms with van der Waals surface area (Å²) in [5.41, 5.74) is -1.26. The maximum absolute atomic E-state index is 14.0. The molecule has 1 aliphatic carbocycles. The molecule has 1 aliphatic rings. The first-order valence-electron chi connectivity index (χ1n) is 6.98. The number of ether oxygens (including phenoxy) is 1. The molecule has 0 radical (unpaired) electrons. The summed E-state index contributed by atoms with van der Waals surface area (Å²) in [6.07, 6.45) is -2.04. The average Bonchev–Trinajstić information content (AvgIpc) is 3.29. The Bertz CT molecular complexity index is 890. The molecular weight excluding hydrogens is 370 g/mol. The van der Waals surface area contributed by atoms with Gasteiger partial charge in [0.1, 0.15) is 5.56 Å². The fourth-order valence-corrected chi connectivity index (χ4v) is 2.43. The zero-order valence-electron chi connectivity index (χ0n) is 12.5. The highest BCUT2D eigenvalue weighted by molar-refractivity contribution is 5.93. The van der Waals surface area contributed by atoms with Gasteiger partial charge in [0.2, 0.25) is 5.43 Å². The van der Waals surface area contributed by atoms with Crippen LogP contribution in [0.4, 0.5) is 17.6 Å². The van der Waals surface area contributed by atoms with E-state index in [1.54, 1.807) is 0 Å². The molecule has 1 heterocycles. The molecule has 2 aromatic rings. The second kappa shape index (κ2) is 6.55. The molecule has 0 bridgehead atoms. The Kier molecular flexibility index (Phi) is 4.99. The van der Waals surface area contributed by atoms with Gasteiger partial charge in [-0.3, -0.25) is 4.79 Å². The van der Waals surface area contributed by atoms with Crippen LogP contribution in [0.3, 0.4) is 0 Å². The average molecular weight is 382 g/mol. The highest BCUT2D eigenvalue weighted by Crippen LogP contribution is 2.38. The summed E-state index contributed by atoms with van der Waals surface area (Å²) in [6.45, 7) is -1.67. The number of rotatable bonds is 4. The third-order valence-electron chi connectivity index (χ3n) is 3.65. The number of alkyl halides is 3. The normalized spacial score (nSPS) is 14.2. The monoisotopic (exact) mass is 381 g/mol. The van der Waals surface area contributed by atoms with E-state index in [2.05, 4.69) is 4.74 Å². The molecule has 1 N–H and O–H groups in total. The van der Waals surface area contributed by atoms with Gasteiger partial charge in [-0.2, -0.15) is 13.2 Å². The number of halogens is 5. The van der Waals surface area contributed by atoms with E-state index in [0.717, 1.165) is 25.1 Å². The van der Waals surface area contributed by atoms with E-state index < -0.39 is 41.3 Å². The number of carboxylic acid groups (broad SMARTS) is 1. The summed E-state index contributed by atoms with van der Waals surface area (Å²) in [5.74, 6) is -3.25. The maximum atomic E-state index is 14.0. The minimum absolute atomic E-state index is 0. The van der Waals surface area contributed by atoms with E-state index in [4.69, 9.17) is 5.11 Å². The molecule has 3 rings (SSSR count). The first-order valence-corrected chi connectivity index (χ1v) is 6.98. The van der Waals surface area contributed by atoms with Gasteiger partial charge in [0, 0.05) is 23.7 Å². The van der Waals surface area contributed by atoms with Crippen LogP contribution in [-0.4, -0.2) is 28.4 Å². The number of pyridine rings is 1. The van der Waals surface area contributed by atoms with Gasteiger partial charge in [-0.1, -0.05) is 0 Å². The summed E-state index contributed by atoms with van der Waals surface area (Å²) in [4.78, 5) is 23.3. The first-order chi connectivity index (χ1) is 11.2. The van der Waals surface area contributed by atoms with Crippen molar-refractivity contribution in [3.05, 3.63) is 39.9 Å². The van der Waals surface area contributed by atoms with Crippen LogP contribution in [0.2, 0.25) is 0 Å². The Labute approximate surface area is 144 Å². The van der Waals surface area contributed by atoms with E-state index in [1.165, 1.54) is 4.57 Å². The molecule has 0 spiro atoms. The molecular formula is C15H12ClF4NO4. The zero-order valence-corrected chi connectivity index (χ0v) is 13.3. The quantitative estimate of drug-likeness (QED) is 0.823. The number of aromatic carboxylic acids is 1. The molecule has 0 atom stereocenters. The molecule has 1 saturated carbocycles. The topological polar surface area (TPSA) is 68.5 Å². The second-order valence-electron chi connectivity index (χ2n) is 5.52. The van der Waals surface area contributed by atoms with E-state index in [0.29, 0.717) is 6.07 Å². The Balaban J connectivity index is 0.00000225. The van der Waals surface area contributed by atoms with Crippen molar-refractivity contribution < 1.29 is 32.2 Å². The molecule has 0 unspecified atom stereocenters. The number of hydrogen-bond acceptors (Lipinski definition) is 3. The van der Waals surface area contributed by atoms with E-state index in [1.807, 2.05) is 0 Å². The standard InChI is InChI=1S/C15H11F4NO4.ClH/c16-10-3-8-11(4-12(10)24-6-15(17,18)19)20(7-1-2-7)5-9(13(8)21)14(22)23;/h3-5,7H,1-2,6H2,(H,22,23);1H. The molecule has 0 amide bonds. The number of carboxylic acids is 1. The van der Waals surface area contributed by atoms with Crippen LogP contribution in [0.5, 0.6) is 5.75 Å². The summed E-state index contributed by atoms with van der Waals surface area (Å²) in [7, 11) is 0. The van der Waals surface area contributed by atoms with Gasteiger partial charge in [0.25, 0.3) is 0 Å². The molecule has 136 valence electrons. The fourth-order valence-electron chi connectivity index (χ4n) is 2.43. The van der Waals surface area contributed by atoms with E-state index >= 15 is 0 Å². The molecule has 0 saturated heterocycles. The molecule has 1 aromatic heterocycles. The first kappa shape index (κ1) is 19.0. The Morgan fingerprint density at radius 1 is 1.32 bits per heavy atom. The van der Waals surface area contributed by atoms with Crippen LogP contribution in [0.1, 0.15) is 29.2 Å². The second-order valence-corrected chi connectivity index (χ2v) is 5.52. The van der Waals surface area contributed by atoms with Crippen LogP contribution >= 0.6 is 12.4 Å². The number of hydrogen-bond donors (Lipinski definition) is 1. The fraction of sp³-hybridized carbons (Fsp3) is 0.333. The van der Waals surface area contributed by atoms with E-state index in [9.17, 15) is 27.2 Å². The smallest absolute Gasteiger partial charge is 0.422 e. The minimum Gasteiger partial charge on any atom is -0.481 e. The Morgan fingerprint density at radius 3 is 2.48 bits per heavy atom. The number of fused-ring (bicyclic) bond motifs is 1. The molecule has 1 fully saturated rings. The Morgan fingerprint density at radius 2 is 1.96 bits per heavy atom. The molecule has 5 nitrogen and oxygen atoms in total. The van der Waals surface area contributed by atoms with Gasteiger partial charge >= 0.3 is 12.1 Å². The van der Waals surface area contributed by atoms with Crippen molar-refractivity contribution >= 4 is 29.3 Å². The van der Waals surface area contributed by atoms with Crippen LogP contribution < -0.4 is 10.2 Å². The highest BCUT2D eigenvalue weighted by Gasteiger charge is 2.30. The van der Waals surface area contributed by atoms with Crippen molar-refractivity contribution in [1.29, 1.82) is 0 Å². The minimum atomic E-state index is -4.63. The molecule has 25 heavy (non-hydrogen) atoms. The number of benzene rings is 1. The molecule has 0 aliphatic heterocycles. The van der Waals surface area contributed by atoms with Gasteiger partial charge in [-0.25, -0.2) is 9.18 Å². The lowest BCUT2D eigenvalue weighted by atomic mass is 10.1. The largest absolute Gasteiger partial charge is 0.481 e. The van der Waals surface area contributed by atoms with Gasteiger partial charge in [0.05, 0.1) is 5.52 Å². The van der Waals surface area contributed by atoms with Gasteiger partial charge < -0.3 is 14.4 Å².